The van der Waals surface area contributed by atoms with Crippen molar-refractivity contribution in [3.05, 3.63) is 30.1 Å². The number of likely N-dealkylation sites (N-methyl/N-ethyl adjacent to an activating group) is 1. The van der Waals surface area contributed by atoms with Crippen molar-refractivity contribution in [1.29, 1.82) is 0 Å². The SMILES string of the molecule is CCN1CCN(C(=O)C(=O)NCc2cccnc2)CC1. The van der Waals surface area contributed by atoms with E-state index in [1.165, 1.54) is 0 Å². The molecular formula is C14H20N4O2. The lowest BCUT2D eigenvalue weighted by molar-refractivity contribution is -0.147. The Kier molecular flexibility index (Phi) is 5.06. The van der Waals surface area contributed by atoms with E-state index in [9.17, 15) is 9.59 Å². The molecule has 0 bridgehead atoms. The predicted octanol–water partition coefficient (Wildman–Crippen LogP) is -0.138. The zero-order valence-corrected chi connectivity index (χ0v) is 11.7. The smallest absolute Gasteiger partial charge is 0.311 e. The van der Waals surface area contributed by atoms with Crippen LogP contribution in [0.1, 0.15) is 12.5 Å². The van der Waals surface area contributed by atoms with Gasteiger partial charge in [-0.3, -0.25) is 14.6 Å². The summed E-state index contributed by atoms with van der Waals surface area (Å²) in [7, 11) is 0. The van der Waals surface area contributed by atoms with Crippen LogP contribution < -0.4 is 5.32 Å². The number of piperazine rings is 1. The molecule has 0 radical (unpaired) electrons. The van der Waals surface area contributed by atoms with E-state index in [0.29, 0.717) is 19.6 Å². The fourth-order valence-electron chi connectivity index (χ4n) is 2.17. The van der Waals surface area contributed by atoms with E-state index in [1.807, 2.05) is 6.07 Å². The van der Waals surface area contributed by atoms with Crippen molar-refractivity contribution in [1.82, 2.24) is 20.1 Å². The number of amides is 2. The summed E-state index contributed by atoms with van der Waals surface area (Å²) in [6.45, 7) is 6.30. The highest BCUT2D eigenvalue weighted by atomic mass is 16.2. The van der Waals surface area contributed by atoms with E-state index in [4.69, 9.17) is 0 Å². The van der Waals surface area contributed by atoms with Crippen LogP contribution in [-0.2, 0) is 16.1 Å². The third kappa shape index (κ3) is 3.77. The van der Waals surface area contributed by atoms with Crippen molar-refractivity contribution < 1.29 is 9.59 Å². The molecule has 0 unspecified atom stereocenters. The van der Waals surface area contributed by atoms with Gasteiger partial charge in [0.2, 0.25) is 0 Å². The first-order chi connectivity index (χ1) is 9.70. The van der Waals surface area contributed by atoms with E-state index in [-0.39, 0.29) is 0 Å². The van der Waals surface area contributed by atoms with Gasteiger partial charge in [-0.25, -0.2) is 0 Å². The molecular weight excluding hydrogens is 256 g/mol. The molecule has 108 valence electrons. The number of nitrogens with one attached hydrogen (secondary N) is 1. The van der Waals surface area contributed by atoms with E-state index < -0.39 is 11.8 Å². The Morgan fingerprint density at radius 1 is 1.30 bits per heavy atom. The third-order valence-corrected chi connectivity index (χ3v) is 3.48. The normalized spacial score (nSPS) is 15.9. The van der Waals surface area contributed by atoms with Gasteiger partial charge in [-0.15, -0.1) is 0 Å². The summed E-state index contributed by atoms with van der Waals surface area (Å²) >= 11 is 0. The third-order valence-electron chi connectivity index (χ3n) is 3.48. The van der Waals surface area contributed by atoms with Crippen LogP contribution in [-0.4, -0.2) is 59.3 Å². The molecule has 0 spiro atoms. The summed E-state index contributed by atoms with van der Waals surface area (Å²) in [4.78, 5) is 31.7. The number of carbonyl (C=O) groups is 2. The molecule has 1 saturated heterocycles. The van der Waals surface area contributed by atoms with Crippen LogP contribution in [0.15, 0.2) is 24.5 Å². The molecule has 0 aromatic carbocycles. The van der Waals surface area contributed by atoms with Gasteiger partial charge in [0.25, 0.3) is 0 Å². The Morgan fingerprint density at radius 3 is 2.65 bits per heavy atom. The van der Waals surface area contributed by atoms with E-state index in [2.05, 4.69) is 22.1 Å². The molecule has 1 aromatic heterocycles. The number of hydrogen-bond acceptors (Lipinski definition) is 4. The maximum atomic E-state index is 12.0. The molecule has 6 heteroatoms. The molecule has 0 saturated carbocycles. The first-order valence-electron chi connectivity index (χ1n) is 6.89. The first kappa shape index (κ1) is 14.5. The molecule has 1 N–H and O–H groups in total. The van der Waals surface area contributed by atoms with Crippen molar-refractivity contribution >= 4 is 11.8 Å². The van der Waals surface area contributed by atoms with Gasteiger partial charge in [0.1, 0.15) is 0 Å². The van der Waals surface area contributed by atoms with Gasteiger partial charge < -0.3 is 15.1 Å². The average molecular weight is 276 g/mol. The highest BCUT2D eigenvalue weighted by molar-refractivity contribution is 6.34. The molecule has 2 rings (SSSR count). The Balaban J connectivity index is 1.79. The highest BCUT2D eigenvalue weighted by Gasteiger charge is 2.25. The molecule has 6 nitrogen and oxygen atoms in total. The Bertz CT molecular complexity index is 456. The predicted molar refractivity (Wildman–Crippen MR) is 74.8 cm³/mol. The van der Waals surface area contributed by atoms with Crippen LogP contribution in [0, 0.1) is 0 Å². The van der Waals surface area contributed by atoms with E-state index >= 15 is 0 Å². The Hall–Kier alpha value is -1.95. The standard InChI is InChI=1S/C14H20N4O2/c1-2-17-6-8-18(9-7-17)14(20)13(19)16-11-12-4-3-5-15-10-12/h3-5,10H,2,6-9,11H2,1H3,(H,16,19). The van der Waals surface area contributed by atoms with E-state index in [1.54, 1.807) is 23.4 Å². The van der Waals surface area contributed by atoms with Crippen LogP contribution in [0.25, 0.3) is 0 Å². The lowest BCUT2D eigenvalue weighted by Crippen LogP contribution is -2.52. The summed E-state index contributed by atoms with van der Waals surface area (Å²) in [5.74, 6) is -0.983. The first-order valence-corrected chi connectivity index (χ1v) is 6.89. The second-order valence-corrected chi connectivity index (χ2v) is 4.77. The van der Waals surface area contributed by atoms with Crippen LogP contribution in [0.2, 0.25) is 0 Å². The Labute approximate surface area is 118 Å². The van der Waals surface area contributed by atoms with Crippen LogP contribution >= 0.6 is 0 Å². The molecule has 2 heterocycles. The molecule has 0 atom stereocenters. The second-order valence-electron chi connectivity index (χ2n) is 4.77. The topological polar surface area (TPSA) is 65.5 Å². The number of carbonyl (C=O) groups excluding carboxylic acids is 2. The average Bonchev–Trinajstić information content (AvgIpc) is 2.53. The largest absolute Gasteiger partial charge is 0.344 e. The molecule has 1 aromatic rings. The lowest BCUT2D eigenvalue weighted by Gasteiger charge is -2.33. The van der Waals surface area contributed by atoms with Crippen molar-refractivity contribution in [2.75, 3.05) is 32.7 Å². The van der Waals surface area contributed by atoms with Gasteiger partial charge in [-0.05, 0) is 18.2 Å². The summed E-state index contributed by atoms with van der Waals surface area (Å²) in [6, 6.07) is 3.66. The minimum atomic E-state index is -0.543. The van der Waals surface area contributed by atoms with Gasteiger partial charge in [0, 0.05) is 45.1 Å². The summed E-state index contributed by atoms with van der Waals surface area (Å²) in [5.41, 5.74) is 0.879. The molecule has 20 heavy (non-hydrogen) atoms. The second kappa shape index (κ2) is 7.00. The van der Waals surface area contributed by atoms with Crippen LogP contribution in [0.5, 0.6) is 0 Å². The molecule has 1 aliphatic rings. The molecule has 1 aliphatic heterocycles. The minimum Gasteiger partial charge on any atom is -0.344 e. The van der Waals surface area contributed by atoms with Crippen LogP contribution in [0.3, 0.4) is 0 Å². The summed E-state index contributed by atoms with van der Waals surface area (Å²) in [5, 5.41) is 2.64. The number of aromatic nitrogens is 1. The molecule has 2 amide bonds. The Morgan fingerprint density at radius 2 is 2.05 bits per heavy atom. The summed E-state index contributed by atoms with van der Waals surface area (Å²) < 4.78 is 0. The van der Waals surface area contributed by atoms with Gasteiger partial charge in [-0.1, -0.05) is 13.0 Å². The van der Waals surface area contributed by atoms with Crippen molar-refractivity contribution in [2.24, 2.45) is 0 Å². The number of nitrogens with zero attached hydrogens (tertiary/aromatic N) is 3. The molecule has 1 fully saturated rings. The highest BCUT2D eigenvalue weighted by Crippen LogP contribution is 2.02. The minimum absolute atomic E-state index is 0.327. The van der Waals surface area contributed by atoms with Gasteiger partial charge in [0.05, 0.1) is 0 Å². The number of hydrogen-bond donors (Lipinski definition) is 1. The van der Waals surface area contributed by atoms with Crippen LogP contribution in [0.4, 0.5) is 0 Å². The lowest BCUT2D eigenvalue weighted by atomic mass is 10.2. The van der Waals surface area contributed by atoms with Crippen molar-refractivity contribution in [3.8, 4) is 0 Å². The quantitative estimate of drug-likeness (QED) is 0.781. The van der Waals surface area contributed by atoms with Gasteiger partial charge in [0.15, 0.2) is 0 Å². The zero-order chi connectivity index (χ0) is 14.4. The fraction of sp³-hybridized carbons (Fsp3) is 0.500. The van der Waals surface area contributed by atoms with Gasteiger partial charge >= 0.3 is 11.8 Å². The fourth-order valence-corrected chi connectivity index (χ4v) is 2.17. The summed E-state index contributed by atoms with van der Waals surface area (Å²) in [6.07, 6.45) is 3.34. The van der Waals surface area contributed by atoms with Crippen molar-refractivity contribution in [2.45, 2.75) is 13.5 Å². The maximum Gasteiger partial charge on any atom is 0.311 e. The maximum absolute atomic E-state index is 12.0. The van der Waals surface area contributed by atoms with E-state index in [0.717, 1.165) is 25.2 Å². The van der Waals surface area contributed by atoms with Gasteiger partial charge in [-0.2, -0.15) is 0 Å². The number of pyridine rings is 1. The van der Waals surface area contributed by atoms with Crippen molar-refractivity contribution in [3.63, 3.8) is 0 Å². The zero-order valence-electron chi connectivity index (χ0n) is 11.7. The monoisotopic (exact) mass is 276 g/mol. The number of rotatable bonds is 3. The molecule has 0 aliphatic carbocycles.